The summed E-state index contributed by atoms with van der Waals surface area (Å²) in [6.07, 6.45) is 8.34. The van der Waals surface area contributed by atoms with Crippen molar-refractivity contribution >= 4 is 6.08 Å². The smallest absolute Gasteiger partial charge is 0.131 e. The van der Waals surface area contributed by atoms with Gasteiger partial charge in [0.1, 0.15) is 18.2 Å². The second-order valence-corrected chi connectivity index (χ2v) is 7.62. The van der Waals surface area contributed by atoms with Crippen molar-refractivity contribution in [3.05, 3.63) is 96.8 Å². The fourth-order valence-electron chi connectivity index (χ4n) is 3.35. The highest BCUT2D eigenvalue weighted by Crippen LogP contribution is 2.29. The summed E-state index contributed by atoms with van der Waals surface area (Å²) in [5.74, 6) is 0.517. The van der Waals surface area contributed by atoms with Gasteiger partial charge in [-0.15, -0.1) is 0 Å². The van der Waals surface area contributed by atoms with Gasteiger partial charge in [-0.25, -0.2) is 4.39 Å². The molecule has 3 heteroatoms. The minimum Gasteiger partial charge on any atom is -0.490 e. The first kappa shape index (κ1) is 22.5. The Labute approximate surface area is 184 Å². The maximum Gasteiger partial charge on any atom is 0.131 e. The largest absolute Gasteiger partial charge is 0.490 e. The van der Waals surface area contributed by atoms with E-state index in [9.17, 15) is 9.50 Å². The maximum absolute atomic E-state index is 14.9. The topological polar surface area (TPSA) is 29.5 Å². The third-order valence-electron chi connectivity index (χ3n) is 5.05. The average Bonchev–Trinajstić information content (AvgIpc) is 2.78. The molecule has 0 spiro atoms. The Kier molecular flexibility index (Phi) is 8.19. The molecule has 0 amide bonds. The lowest BCUT2D eigenvalue weighted by atomic mass is 9.98. The fraction of sp³-hybridized carbons (Fsp3) is 0.214. The van der Waals surface area contributed by atoms with Gasteiger partial charge in [-0.05, 0) is 66.6 Å². The van der Waals surface area contributed by atoms with Crippen LogP contribution in [-0.4, -0.2) is 17.8 Å². The van der Waals surface area contributed by atoms with Gasteiger partial charge in [-0.3, -0.25) is 0 Å². The van der Waals surface area contributed by atoms with E-state index < -0.39 is 0 Å². The molecule has 0 aromatic heterocycles. The standard InChI is InChI=1S/C28H29FO2/c1-3-19-31-26-16-13-23(14-17-26)25-15-18-27(28(29)20-25)24-11-9-22(10-12-24)8-6-4-5-7-21(2)30/h3,6,8-18,20-21,30H,1,4-5,7,19H2,2H3. The van der Waals surface area contributed by atoms with Crippen LogP contribution in [0.25, 0.3) is 28.3 Å². The molecule has 3 rings (SSSR count). The number of benzene rings is 3. The first-order chi connectivity index (χ1) is 15.1. The first-order valence-electron chi connectivity index (χ1n) is 10.7. The zero-order valence-electron chi connectivity index (χ0n) is 17.9. The molecule has 3 aromatic carbocycles. The molecular weight excluding hydrogens is 387 g/mol. The Bertz CT molecular complexity index is 1000. The third-order valence-corrected chi connectivity index (χ3v) is 5.05. The van der Waals surface area contributed by atoms with Gasteiger partial charge in [-0.1, -0.05) is 73.3 Å². The third kappa shape index (κ3) is 6.66. The van der Waals surface area contributed by atoms with Crippen molar-refractivity contribution in [3.8, 4) is 28.0 Å². The van der Waals surface area contributed by atoms with Crippen LogP contribution in [-0.2, 0) is 0 Å². The van der Waals surface area contributed by atoms with Crippen molar-refractivity contribution in [1.29, 1.82) is 0 Å². The minimum absolute atomic E-state index is 0.245. The summed E-state index contributed by atoms with van der Waals surface area (Å²) in [5.41, 5.74) is 4.28. The Hall–Kier alpha value is -3.17. The van der Waals surface area contributed by atoms with Crippen LogP contribution < -0.4 is 4.74 Å². The molecule has 0 aliphatic carbocycles. The summed E-state index contributed by atoms with van der Waals surface area (Å²) in [4.78, 5) is 0. The lowest BCUT2D eigenvalue weighted by Gasteiger charge is -2.09. The summed E-state index contributed by atoms with van der Waals surface area (Å²) in [6, 6.07) is 20.8. The van der Waals surface area contributed by atoms with Crippen LogP contribution in [0.2, 0.25) is 0 Å². The van der Waals surface area contributed by atoms with Crippen molar-refractivity contribution in [3.63, 3.8) is 0 Å². The number of aliphatic hydroxyl groups excluding tert-OH is 1. The van der Waals surface area contributed by atoms with Crippen molar-refractivity contribution in [2.45, 2.75) is 32.3 Å². The second kappa shape index (κ2) is 11.3. The number of hydrogen-bond donors (Lipinski definition) is 1. The average molecular weight is 417 g/mol. The van der Waals surface area contributed by atoms with E-state index >= 15 is 0 Å². The lowest BCUT2D eigenvalue weighted by Crippen LogP contribution is -1.97. The minimum atomic E-state index is -0.246. The van der Waals surface area contributed by atoms with Crippen molar-refractivity contribution in [2.24, 2.45) is 0 Å². The maximum atomic E-state index is 14.9. The number of aliphatic hydroxyl groups is 1. The van der Waals surface area contributed by atoms with E-state index in [2.05, 4.69) is 18.7 Å². The molecule has 0 fully saturated rings. The van der Waals surface area contributed by atoms with Crippen LogP contribution in [0, 0.1) is 5.82 Å². The van der Waals surface area contributed by atoms with E-state index in [0.717, 1.165) is 47.3 Å². The Morgan fingerprint density at radius 3 is 2.29 bits per heavy atom. The molecule has 1 unspecified atom stereocenters. The van der Waals surface area contributed by atoms with Crippen LogP contribution in [0.4, 0.5) is 4.39 Å². The Balaban J connectivity index is 1.67. The van der Waals surface area contributed by atoms with Crippen LogP contribution >= 0.6 is 0 Å². The molecule has 0 saturated carbocycles. The molecule has 0 aliphatic heterocycles. The van der Waals surface area contributed by atoms with E-state index in [1.807, 2.05) is 67.6 Å². The van der Waals surface area contributed by atoms with E-state index in [1.165, 1.54) is 0 Å². The van der Waals surface area contributed by atoms with Gasteiger partial charge in [0.05, 0.1) is 6.10 Å². The molecule has 0 aliphatic rings. The monoisotopic (exact) mass is 416 g/mol. The van der Waals surface area contributed by atoms with Gasteiger partial charge < -0.3 is 9.84 Å². The predicted molar refractivity (Wildman–Crippen MR) is 128 cm³/mol. The van der Waals surface area contributed by atoms with Crippen LogP contribution in [0.1, 0.15) is 31.7 Å². The molecular formula is C28H29FO2. The normalized spacial score (nSPS) is 12.1. The number of rotatable bonds is 10. The fourth-order valence-corrected chi connectivity index (χ4v) is 3.35. The van der Waals surface area contributed by atoms with Crippen molar-refractivity contribution in [1.82, 2.24) is 0 Å². The number of allylic oxidation sites excluding steroid dienone is 1. The summed E-state index contributed by atoms with van der Waals surface area (Å²) < 4.78 is 20.3. The zero-order valence-corrected chi connectivity index (χ0v) is 17.9. The summed E-state index contributed by atoms with van der Waals surface area (Å²) in [7, 11) is 0. The number of hydrogen-bond acceptors (Lipinski definition) is 2. The molecule has 0 heterocycles. The Morgan fingerprint density at radius 1 is 0.968 bits per heavy atom. The van der Waals surface area contributed by atoms with Gasteiger partial charge in [0.25, 0.3) is 0 Å². The zero-order chi connectivity index (χ0) is 22.1. The molecule has 0 saturated heterocycles. The lowest BCUT2D eigenvalue weighted by molar-refractivity contribution is 0.182. The Morgan fingerprint density at radius 2 is 1.65 bits per heavy atom. The van der Waals surface area contributed by atoms with Crippen molar-refractivity contribution < 1.29 is 14.2 Å². The molecule has 31 heavy (non-hydrogen) atoms. The van der Waals surface area contributed by atoms with Gasteiger partial charge in [0.15, 0.2) is 0 Å². The second-order valence-electron chi connectivity index (χ2n) is 7.62. The highest BCUT2D eigenvalue weighted by Gasteiger charge is 2.08. The van der Waals surface area contributed by atoms with Gasteiger partial charge in [-0.2, -0.15) is 0 Å². The van der Waals surface area contributed by atoms with E-state index in [0.29, 0.717) is 12.2 Å². The SMILES string of the molecule is C=CCOc1ccc(-c2ccc(-c3ccc(C=CCCCC(C)O)cc3)c(F)c2)cc1. The highest BCUT2D eigenvalue weighted by atomic mass is 19.1. The molecule has 1 N–H and O–H groups in total. The van der Waals surface area contributed by atoms with Gasteiger partial charge >= 0.3 is 0 Å². The van der Waals surface area contributed by atoms with Gasteiger partial charge in [0, 0.05) is 5.56 Å². The van der Waals surface area contributed by atoms with E-state index in [-0.39, 0.29) is 11.9 Å². The van der Waals surface area contributed by atoms with Crippen LogP contribution in [0.5, 0.6) is 5.75 Å². The predicted octanol–water partition coefficient (Wildman–Crippen LogP) is 7.29. The summed E-state index contributed by atoms with van der Waals surface area (Å²) in [6.45, 7) is 5.90. The summed E-state index contributed by atoms with van der Waals surface area (Å²) in [5, 5.41) is 9.29. The molecule has 0 bridgehead atoms. The van der Waals surface area contributed by atoms with Crippen molar-refractivity contribution in [2.75, 3.05) is 6.61 Å². The van der Waals surface area contributed by atoms with Gasteiger partial charge in [0.2, 0.25) is 0 Å². The van der Waals surface area contributed by atoms with E-state index in [4.69, 9.17) is 4.74 Å². The molecule has 1 atom stereocenters. The van der Waals surface area contributed by atoms with Crippen LogP contribution in [0.3, 0.4) is 0 Å². The first-order valence-corrected chi connectivity index (χ1v) is 10.7. The number of halogens is 1. The molecule has 0 radical (unpaired) electrons. The molecule has 160 valence electrons. The quantitative estimate of drug-likeness (QED) is 0.278. The number of unbranched alkanes of at least 4 members (excludes halogenated alkanes) is 1. The number of ether oxygens (including phenoxy) is 1. The summed E-state index contributed by atoms with van der Waals surface area (Å²) >= 11 is 0. The highest BCUT2D eigenvalue weighted by molar-refractivity contribution is 5.72. The van der Waals surface area contributed by atoms with E-state index in [1.54, 1.807) is 12.1 Å². The molecule has 3 aromatic rings. The molecule has 2 nitrogen and oxygen atoms in total. The van der Waals surface area contributed by atoms with Crippen LogP contribution in [0.15, 0.2) is 85.5 Å².